The van der Waals surface area contributed by atoms with Gasteiger partial charge in [-0.2, -0.15) is 0 Å². The predicted molar refractivity (Wildman–Crippen MR) is 112 cm³/mol. The lowest BCUT2D eigenvalue weighted by atomic mass is 10.2. The molecule has 1 aromatic heterocycles. The molecule has 0 saturated carbocycles. The molecule has 150 valence electrons. The van der Waals surface area contributed by atoms with Crippen LogP contribution in [-0.2, 0) is 16.1 Å². The van der Waals surface area contributed by atoms with E-state index < -0.39 is 17.9 Å². The van der Waals surface area contributed by atoms with Crippen LogP contribution in [0.3, 0.4) is 0 Å². The number of carbonyl (C=O) groups excluding carboxylic acids is 3. The minimum absolute atomic E-state index is 0.00124. The summed E-state index contributed by atoms with van der Waals surface area (Å²) in [5, 5.41) is 2.55. The van der Waals surface area contributed by atoms with Gasteiger partial charge in [0.1, 0.15) is 23.8 Å². The molecule has 0 spiro atoms. The average molecular weight is 508 g/mol. The summed E-state index contributed by atoms with van der Waals surface area (Å²) < 4.78 is 16.3. The summed E-state index contributed by atoms with van der Waals surface area (Å²) in [5.41, 5.74) is 0.877. The second kappa shape index (κ2) is 8.95. The van der Waals surface area contributed by atoms with E-state index in [0.717, 1.165) is 14.0 Å². The Morgan fingerprint density at radius 1 is 1.31 bits per heavy atom. The average Bonchev–Trinajstić information content (AvgIpc) is 3.27. The highest BCUT2D eigenvalue weighted by atomic mass is 127. The van der Waals surface area contributed by atoms with Crippen LogP contribution in [-0.4, -0.2) is 36.5 Å². The zero-order valence-corrected chi connectivity index (χ0v) is 17.6. The molecule has 1 aliphatic heterocycles. The van der Waals surface area contributed by atoms with Crippen molar-refractivity contribution in [2.45, 2.75) is 6.54 Å². The van der Waals surface area contributed by atoms with Crippen LogP contribution in [0.1, 0.15) is 21.9 Å². The van der Waals surface area contributed by atoms with Gasteiger partial charge >= 0.3 is 12.0 Å². The lowest BCUT2D eigenvalue weighted by molar-refractivity contribution is -0.123. The Hall–Kier alpha value is -3.08. The molecule has 3 amide bonds. The third-order valence-electron chi connectivity index (χ3n) is 3.95. The van der Waals surface area contributed by atoms with Gasteiger partial charge in [-0.05, 0) is 58.5 Å². The van der Waals surface area contributed by atoms with Gasteiger partial charge < -0.3 is 19.2 Å². The van der Waals surface area contributed by atoms with Gasteiger partial charge in [0.15, 0.2) is 0 Å². The third-order valence-corrected chi connectivity index (χ3v) is 4.79. The van der Waals surface area contributed by atoms with E-state index in [1.165, 1.54) is 19.2 Å². The van der Waals surface area contributed by atoms with E-state index >= 15 is 0 Å². The number of benzene rings is 1. The molecule has 1 saturated heterocycles. The summed E-state index contributed by atoms with van der Waals surface area (Å²) in [7, 11) is 1.23. The monoisotopic (exact) mass is 508 g/mol. The fourth-order valence-electron chi connectivity index (χ4n) is 2.58. The second-order valence-corrected chi connectivity index (χ2v) is 7.09. The van der Waals surface area contributed by atoms with Crippen LogP contribution in [0, 0.1) is 3.57 Å². The quantitative estimate of drug-likeness (QED) is 0.203. The summed E-state index contributed by atoms with van der Waals surface area (Å²) >= 11 is 2.13. The lowest BCUT2D eigenvalue weighted by Crippen LogP contribution is -2.30. The van der Waals surface area contributed by atoms with E-state index in [0.29, 0.717) is 12.4 Å². The zero-order chi connectivity index (χ0) is 21.0. The summed E-state index contributed by atoms with van der Waals surface area (Å²) in [6.07, 6.45) is 3.24. The summed E-state index contributed by atoms with van der Waals surface area (Å²) in [5.74, 6) is -0.139. The number of halogens is 1. The van der Waals surface area contributed by atoms with Crippen molar-refractivity contribution < 1.29 is 28.3 Å². The molecule has 1 fully saturated rings. The van der Waals surface area contributed by atoms with Crippen molar-refractivity contribution in [2.24, 2.45) is 0 Å². The van der Waals surface area contributed by atoms with Crippen LogP contribution >= 0.6 is 22.6 Å². The molecule has 3 rings (SSSR count). The first-order valence-corrected chi connectivity index (χ1v) is 9.55. The van der Waals surface area contributed by atoms with Crippen molar-refractivity contribution in [1.82, 2.24) is 10.2 Å². The summed E-state index contributed by atoms with van der Waals surface area (Å²) in [6.45, 7) is 3.90. The fourth-order valence-corrected chi connectivity index (χ4v) is 3.28. The first-order chi connectivity index (χ1) is 13.9. The van der Waals surface area contributed by atoms with E-state index in [9.17, 15) is 14.4 Å². The van der Waals surface area contributed by atoms with Crippen LogP contribution in [0.5, 0.6) is 5.75 Å². The van der Waals surface area contributed by atoms with Crippen molar-refractivity contribution in [3.05, 3.63) is 69.3 Å². The molecular formula is C20H17IN2O6. The number of amides is 3. The maximum atomic E-state index is 12.6. The van der Waals surface area contributed by atoms with Crippen LogP contribution in [0.4, 0.5) is 4.79 Å². The maximum absolute atomic E-state index is 12.6. The zero-order valence-electron chi connectivity index (χ0n) is 15.4. The van der Waals surface area contributed by atoms with Crippen LogP contribution in [0.2, 0.25) is 0 Å². The molecule has 1 aliphatic rings. The first kappa shape index (κ1) is 20.6. The molecule has 2 heterocycles. The molecule has 2 aromatic rings. The van der Waals surface area contributed by atoms with Crippen molar-refractivity contribution in [1.29, 1.82) is 0 Å². The Morgan fingerprint density at radius 3 is 2.79 bits per heavy atom. The predicted octanol–water partition coefficient (Wildman–Crippen LogP) is 3.33. The standard InChI is InChI=1S/C20H17IN2O6/c1-3-8-28-16-6-4-12(9-14(16)21)10-15-18(24)23(20(26)22-15)11-13-5-7-17(29-13)19(25)27-2/h3-7,9-10H,1,8,11H2,2H3,(H,22,26)/b15-10-. The van der Waals surface area contributed by atoms with E-state index in [1.807, 2.05) is 6.07 Å². The Balaban J connectivity index is 1.74. The number of imide groups is 1. The van der Waals surface area contributed by atoms with Gasteiger partial charge in [0.05, 0.1) is 17.2 Å². The Labute approximate surface area is 180 Å². The molecule has 0 radical (unpaired) electrons. The van der Waals surface area contributed by atoms with Crippen molar-refractivity contribution >= 4 is 46.6 Å². The van der Waals surface area contributed by atoms with Crippen LogP contribution in [0.25, 0.3) is 6.08 Å². The number of carbonyl (C=O) groups is 3. The maximum Gasteiger partial charge on any atom is 0.373 e. The first-order valence-electron chi connectivity index (χ1n) is 8.47. The number of nitrogens with one attached hydrogen (secondary N) is 1. The number of urea groups is 1. The van der Waals surface area contributed by atoms with Crippen LogP contribution < -0.4 is 10.1 Å². The largest absolute Gasteiger partial charge is 0.488 e. The number of esters is 1. The normalized spacial score (nSPS) is 14.8. The number of hydrogen-bond donors (Lipinski definition) is 1. The number of furan rings is 1. The summed E-state index contributed by atoms with van der Waals surface area (Å²) in [4.78, 5) is 37.3. The van der Waals surface area contributed by atoms with Gasteiger partial charge in [-0.3, -0.25) is 9.69 Å². The minimum Gasteiger partial charge on any atom is -0.488 e. The van der Waals surface area contributed by atoms with Gasteiger partial charge in [-0.25, -0.2) is 9.59 Å². The van der Waals surface area contributed by atoms with Crippen molar-refractivity contribution in [3.63, 3.8) is 0 Å². The number of hydrogen-bond acceptors (Lipinski definition) is 6. The molecule has 9 heteroatoms. The van der Waals surface area contributed by atoms with E-state index in [1.54, 1.807) is 24.3 Å². The summed E-state index contributed by atoms with van der Waals surface area (Å²) in [6, 6.07) is 7.77. The molecular weight excluding hydrogens is 491 g/mol. The Morgan fingerprint density at radius 2 is 2.10 bits per heavy atom. The number of ether oxygens (including phenoxy) is 2. The number of nitrogens with zero attached hydrogens (tertiary/aromatic N) is 1. The highest BCUT2D eigenvalue weighted by molar-refractivity contribution is 14.1. The Kier molecular flexibility index (Phi) is 6.37. The molecule has 0 atom stereocenters. The smallest absolute Gasteiger partial charge is 0.373 e. The molecule has 1 aromatic carbocycles. The van der Waals surface area contributed by atoms with E-state index in [4.69, 9.17) is 9.15 Å². The number of rotatable bonds is 7. The Bertz CT molecular complexity index is 1010. The molecule has 1 N–H and O–H groups in total. The molecule has 0 unspecified atom stereocenters. The fraction of sp³-hybridized carbons (Fsp3) is 0.150. The lowest BCUT2D eigenvalue weighted by Gasteiger charge is -2.09. The molecule has 0 aliphatic carbocycles. The van der Waals surface area contributed by atoms with Gasteiger partial charge in [0.2, 0.25) is 5.76 Å². The van der Waals surface area contributed by atoms with Crippen molar-refractivity contribution in [3.8, 4) is 5.75 Å². The van der Waals surface area contributed by atoms with Gasteiger partial charge in [0, 0.05) is 0 Å². The van der Waals surface area contributed by atoms with Gasteiger partial charge in [0.25, 0.3) is 5.91 Å². The van der Waals surface area contributed by atoms with Crippen LogP contribution in [0.15, 0.2) is 53.1 Å². The molecule has 29 heavy (non-hydrogen) atoms. The second-order valence-electron chi connectivity index (χ2n) is 5.93. The highest BCUT2D eigenvalue weighted by Gasteiger charge is 2.34. The van der Waals surface area contributed by atoms with Crippen molar-refractivity contribution in [2.75, 3.05) is 13.7 Å². The van der Waals surface area contributed by atoms with Gasteiger partial charge in [-0.1, -0.05) is 18.7 Å². The number of methoxy groups -OCH3 is 1. The highest BCUT2D eigenvalue weighted by Crippen LogP contribution is 2.24. The van der Waals surface area contributed by atoms with Gasteiger partial charge in [-0.15, -0.1) is 0 Å². The minimum atomic E-state index is -0.635. The SMILES string of the molecule is C=CCOc1ccc(/C=C2\NC(=O)N(Cc3ccc(C(=O)OC)o3)C2=O)cc1I. The van der Waals surface area contributed by atoms with E-state index in [2.05, 4.69) is 39.2 Å². The molecule has 0 bridgehead atoms. The third kappa shape index (κ3) is 4.67. The molecule has 8 nitrogen and oxygen atoms in total. The topological polar surface area (TPSA) is 98.1 Å². The van der Waals surface area contributed by atoms with E-state index in [-0.39, 0.29) is 23.8 Å².